The van der Waals surface area contributed by atoms with Crippen LogP contribution < -0.4 is 10.1 Å². The van der Waals surface area contributed by atoms with Crippen molar-refractivity contribution >= 4 is 11.8 Å². The van der Waals surface area contributed by atoms with Gasteiger partial charge < -0.3 is 9.64 Å². The second-order valence-electron chi connectivity index (χ2n) is 4.57. The van der Waals surface area contributed by atoms with Gasteiger partial charge in [0.25, 0.3) is 0 Å². The lowest BCUT2D eigenvalue weighted by atomic mass is 10.1. The Morgan fingerprint density at radius 1 is 1.29 bits per heavy atom. The Bertz CT molecular complexity index is 604. The van der Waals surface area contributed by atoms with Crippen LogP contribution in [-0.4, -0.2) is 35.1 Å². The average molecular weight is 286 g/mol. The summed E-state index contributed by atoms with van der Waals surface area (Å²) in [5, 5.41) is 2.72. The van der Waals surface area contributed by atoms with E-state index in [4.69, 9.17) is 4.74 Å². The number of rotatable bonds is 4. The number of hydrogen-bond donors (Lipinski definition) is 1. The first-order valence-corrected chi connectivity index (χ1v) is 6.56. The molecule has 0 spiro atoms. The Balaban J connectivity index is 2.05. The zero-order valence-electron chi connectivity index (χ0n) is 12.3. The molecular formula is C15H18N4O2. The largest absolute Gasteiger partial charge is 0.481 e. The van der Waals surface area contributed by atoms with E-state index in [0.717, 1.165) is 5.56 Å². The maximum absolute atomic E-state index is 12.2. The van der Waals surface area contributed by atoms with E-state index in [9.17, 15) is 4.79 Å². The van der Waals surface area contributed by atoms with Crippen LogP contribution in [0.5, 0.6) is 5.88 Å². The quantitative estimate of drug-likeness (QED) is 0.938. The molecule has 1 heterocycles. The van der Waals surface area contributed by atoms with Gasteiger partial charge in [0.05, 0.1) is 13.2 Å². The molecule has 1 aromatic carbocycles. The highest BCUT2D eigenvalue weighted by Gasteiger charge is 2.17. The average Bonchev–Trinajstić information content (AvgIpc) is 2.54. The molecule has 6 heteroatoms. The zero-order valence-corrected chi connectivity index (χ0v) is 12.3. The molecule has 0 aliphatic carbocycles. The van der Waals surface area contributed by atoms with Gasteiger partial charge in [-0.15, -0.1) is 0 Å². The van der Waals surface area contributed by atoms with Crippen molar-refractivity contribution in [1.82, 2.24) is 14.9 Å². The van der Waals surface area contributed by atoms with Gasteiger partial charge in [0.15, 0.2) is 0 Å². The predicted octanol–water partition coefficient (Wildman–Crippen LogP) is 2.71. The van der Waals surface area contributed by atoms with Crippen molar-refractivity contribution in [2.75, 3.05) is 19.5 Å². The lowest BCUT2D eigenvalue weighted by molar-refractivity contribution is 0.208. The van der Waals surface area contributed by atoms with E-state index in [1.807, 2.05) is 37.3 Å². The van der Waals surface area contributed by atoms with Crippen molar-refractivity contribution in [2.45, 2.75) is 13.0 Å². The fourth-order valence-corrected chi connectivity index (χ4v) is 1.85. The first kappa shape index (κ1) is 14.8. The van der Waals surface area contributed by atoms with Gasteiger partial charge in [0.2, 0.25) is 5.88 Å². The summed E-state index contributed by atoms with van der Waals surface area (Å²) in [7, 11) is 3.25. The van der Waals surface area contributed by atoms with Crippen LogP contribution in [0.3, 0.4) is 0 Å². The van der Waals surface area contributed by atoms with Crippen LogP contribution in [-0.2, 0) is 0 Å². The van der Waals surface area contributed by atoms with Crippen molar-refractivity contribution in [1.29, 1.82) is 0 Å². The number of carbonyl (C=O) groups excluding carboxylic acids is 1. The summed E-state index contributed by atoms with van der Waals surface area (Å²) in [6.07, 6.45) is 1.34. The number of methoxy groups -OCH3 is 1. The number of benzene rings is 1. The van der Waals surface area contributed by atoms with Crippen LogP contribution in [0.2, 0.25) is 0 Å². The van der Waals surface area contributed by atoms with Gasteiger partial charge >= 0.3 is 6.03 Å². The number of anilines is 1. The molecule has 0 saturated heterocycles. The molecular weight excluding hydrogens is 268 g/mol. The molecule has 0 unspecified atom stereocenters. The van der Waals surface area contributed by atoms with E-state index in [1.165, 1.54) is 13.4 Å². The van der Waals surface area contributed by atoms with Crippen LogP contribution >= 0.6 is 0 Å². The highest BCUT2D eigenvalue weighted by molar-refractivity contribution is 5.88. The fourth-order valence-electron chi connectivity index (χ4n) is 1.85. The third-order valence-electron chi connectivity index (χ3n) is 3.27. The minimum absolute atomic E-state index is 0.0464. The zero-order chi connectivity index (χ0) is 15.2. The summed E-state index contributed by atoms with van der Waals surface area (Å²) in [4.78, 5) is 21.7. The molecule has 0 radical (unpaired) electrons. The smallest absolute Gasteiger partial charge is 0.323 e. The van der Waals surface area contributed by atoms with Crippen LogP contribution in [0.15, 0.2) is 42.7 Å². The number of urea groups is 1. The van der Waals surface area contributed by atoms with Crippen LogP contribution in [0.25, 0.3) is 0 Å². The molecule has 1 atom stereocenters. The maximum Gasteiger partial charge on any atom is 0.323 e. The molecule has 0 saturated carbocycles. The first-order chi connectivity index (χ1) is 10.1. The first-order valence-electron chi connectivity index (χ1n) is 6.56. The summed E-state index contributed by atoms with van der Waals surface area (Å²) in [6.45, 7) is 1.97. The van der Waals surface area contributed by atoms with Gasteiger partial charge in [0.1, 0.15) is 12.1 Å². The van der Waals surface area contributed by atoms with E-state index in [-0.39, 0.29) is 12.1 Å². The summed E-state index contributed by atoms with van der Waals surface area (Å²) in [6, 6.07) is 11.1. The van der Waals surface area contributed by atoms with Crippen LogP contribution in [0, 0.1) is 0 Å². The normalized spacial score (nSPS) is 11.6. The van der Waals surface area contributed by atoms with Crippen LogP contribution in [0.4, 0.5) is 10.6 Å². The van der Waals surface area contributed by atoms with Gasteiger partial charge in [-0.1, -0.05) is 30.3 Å². The molecule has 110 valence electrons. The molecule has 0 aliphatic rings. The second kappa shape index (κ2) is 6.69. The Kier molecular flexibility index (Phi) is 4.71. The van der Waals surface area contributed by atoms with Gasteiger partial charge in [-0.25, -0.2) is 14.8 Å². The summed E-state index contributed by atoms with van der Waals surface area (Å²) in [5.41, 5.74) is 1.07. The summed E-state index contributed by atoms with van der Waals surface area (Å²) < 4.78 is 5.00. The maximum atomic E-state index is 12.2. The van der Waals surface area contributed by atoms with Crippen LogP contribution in [0.1, 0.15) is 18.5 Å². The third kappa shape index (κ3) is 3.68. The Labute approximate surface area is 123 Å². The van der Waals surface area contributed by atoms with E-state index in [1.54, 1.807) is 18.0 Å². The minimum Gasteiger partial charge on any atom is -0.481 e. The second-order valence-corrected chi connectivity index (χ2v) is 4.57. The molecule has 1 N–H and O–H groups in total. The van der Waals surface area contributed by atoms with E-state index in [2.05, 4.69) is 15.3 Å². The van der Waals surface area contributed by atoms with E-state index < -0.39 is 0 Å². The number of ether oxygens (including phenoxy) is 1. The van der Waals surface area contributed by atoms with Crippen molar-refractivity contribution in [3.05, 3.63) is 48.3 Å². The Hall–Kier alpha value is -2.63. The number of aromatic nitrogens is 2. The topological polar surface area (TPSA) is 67.3 Å². The monoisotopic (exact) mass is 286 g/mol. The molecule has 2 amide bonds. The highest BCUT2D eigenvalue weighted by atomic mass is 16.5. The number of nitrogens with one attached hydrogen (secondary N) is 1. The molecule has 2 rings (SSSR count). The van der Waals surface area contributed by atoms with Crippen molar-refractivity contribution in [3.8, 4) is 5.88 Å². The van der Waals surface area contributed by atoms with Gasteiger partial charge in [0, 0.05) is 13.1 Å². The summed E-state index contributed by atoms with van der Waals surface area (Å²) >= 11 is 0. The molecule has 0 fully saturated rings. The molecule has 6 nitrogen and oxygen atoms in total. The standard InChI is InChI=1S/C15H18N4O2/c1-11(12-7-5-4-6-8-12)19(2)15(20)18-13-9-14(21-3)17-10-16-13/h4-11H,1-3H3,(H,16,17,18,20)/t11-/m0/s1. The SMILES string of the molecule is COc1cc(NC(=O)N(C)[C@@H](C)c2ccccc2)ncn1. The minimum atomic E-state index is -0.243. The van der Waals surface area contributed by atoms with E-state index in [0.29, 0.717) is 11.7 Å². The predicted molar refractivity (Wildman–Crippen MR) is 80.2 cm³/mol. The van der Waals surface area contributed by atoms with Gasteiger partial charge in [-0.05, 0) is 12.5 Å². The molecule has 21 heavy (non-hydrogen) atoms. The number of amides is 2. The van der Waals surface area contributed by atoms with Gasteiger partial charge in [-0.3, -0.25) is 5.32 Å². The third-order valence-corrected chi connectivity index (χ3v) is 3.27. The molecule has 0 aliphatic heterocycles. The van der Waals surface area contributed by atoms with Crippen molar-refractivity contribution < 1.29 is 9.53 Å². The molecule has 1 aromatic heterocycles. The lowest BCUT2D eigenvalue weighted by Crippen LogP contribution is -2.33. The fraction of sp³-hybridized carbons (Fsp3) is 0.267. The summed E-state index contributed by atoms with van der Waals surface area (Å²) in [5.74, 6) is 0.804. The molecule has 0 bridgehead atoms. The van der Waals surface area contributed by atoms with Crippen molar-refractivity contribution in [3.63, 3.8) is 0 Å². The van der Waals surface area contributed by atoms with Gasteiger partial charge in [-0.2, -0.15) is 0 Å². The lowest BCUT2D eigenvalue weighted by Gasteiger charge is -2.25. The highest BCUT2D eigenvalue weighted by Crippen LogP contribution is 2.19. The van der Waals surface area contributed by atoms with E-state index >= 15 is 0 Å². The molecule has 2 aromatic rings. The number of nitrogens with zero attached hydrogens (tertiary/aromatic N) is 3. The number of hydrogen-bond acceptors (Lipinski definition) is 4. The Morgan fingerprint density at radius 3 is 2.67 bits per heavy atom. The van der Waals surface area contributed by atoms with Crippen molar-refractivity contribution in [2.24, 2.45) is 0 Å². The Morgan fingerprint density at radius 2 is 2.00 bits per heavy atom. The number of carbonyl (C=O) groups is 1.